The Kier molecular flexibility index (Phi) is 5.36. The molecule has 0 spiro atoms. The summed E-state index contributed by atoms with van der Waals surface area (Å²) in [6.07, 6.45) is 2.62. The molecule has 0 saturated carbocycles. The van der Waals surface area contributed by atoms with Crippen molar-refractivity contribution in [2.45, 2.75) is 39.3 Å². The van der Waals surface area contributed by atoms with Gasteiger partial charge in [0.05, 0.1) is 6.54 Å². The minimum Gasteiger partial charge on any atom is -0.316 e. The molecular formula is C12H21ClN4S. The van der Waals surface area contributed by atoms with Crippen LogP contribution in [0.3, 0.4) is 0 Å². The summed E-state index contributed by atoms with van der Waals surface area (Å²) in [5.41, 5.74) is 0. The largest absolute Gasteiger partial charge is 0.316 e. The summed E-state index contributed by atoms with van der Waals surface area (Å²) in [5, 5.41) is 12.5. The van der Waals surface area contributed by atoms with Gasteiger partial charge in [-0.15, -0.1) is 10.2 Å². The number of hydrogen-bond donors (Lipinski definition) is 1. The van der Waals surface area contributed by atoms with E-state index in [9.17, 15) is 0 Å². The Morgan fingerprint density at radius 3 is 2.89 bits per heavy atom. The van der Waals surface area contributed by atoms with E-state index in [2.05, 4.69) is 34.3 Å². The Morgan fingerprint density at radius 2 is 2.33 bits per heavy atom. The van der Waals surface area contributed by atoms with Crippen LogP contribution in [0.2, 0.25) is 4.47 Å². The van der Waals surface area contributed by atoms with Crippen LogP contribution in [0, 0.1) is 5.92 Å². The fourth-order valence-electron chi connectivity index (χ4n) is 2.34. The molecule has 1 unspecified atom stereocenters. The minimum absolute atomic E-state index is 0.523. The van der Waals surface area contributed by atoms with Crippen molar-refractivity contribution in [3.8, 4) is 0 Å². The number of rotatable bonds is 5. The van der Waals surface area contributed by atoms with Crippen LogP contribution in [0.5, 0.6) is 0 Å². The van der Waals surface area contributed by atoms with Crippen molar-refractivity contribution in [3.05, 3.63) is 9.47 Å². The van der Waals surface area contributed by atoms with Crippen LogP contribution in [-0.2, 0) is 6.54 Å². The van der Waals surface area contributed by atoms with E-state index in [1.54, 1.807) is 0 Å². The fourth-order valence-corrected chi connectivity index (χ4v) is 3.23. The predicted octanol–water partition coefficient (Wildman–Crippen LogP) is 2.40. The lowest BCUT2D eigenvalue weighted by Crippen LogP contribution is -2.40. The van der Waals surface area contributed by atoms with Gasteiger partial charge in [0.2, 0.25) is 4.47 Å². The van der Waals surface area contributed by atoms with Gasteiger partial charge in [-0.3, -0.25) is 4.90 Å². The molecule has 1 saturated heterocycles. The van der Waals surface area contributed by atoms with E-state index in [1.807, 2.05) is 0 Å². The Hall–Kier alpha value is -0.230. The third-order valence-corrected chi connectivity index (χ3v) is 4.41. The van der Waals surface area contributed by atoms with E-state index in [0.29, 0.717) is 10.5 Å². The first-order valence-electron chi connectivity index (χ1n) is 6.58. The van der Waals surface area contributed by atoms with Gasteiger partial charge in [0.15, 0.2) is 0 Å². The number of nitrogens with one attached hydrogen (secondary N) is 1. The smallest absolute Gasteiger partial charge is 0.207 e. The van der Waals surface area contributed by atoms with Gasteiger partial charge in [0.25, 0.3) is 0 Å². The van der Waals surface area contributed by atoms with Crippen molar-refractivity contribution in [1.82, 2.24) is 20.4 Å². The maximum Gasteiger partial charge on any atom is 0.207 e. The zero-order valence-corrected chi connectivity index (χ0v) is 12.6. The van der Waals surface area contributed by atoms with Gasteiger partial charge in [0, 0.05) is 12.6 Å². The van der Waals surface area contributed by atoms with E-state index in [4.69, 9.17) is 11.6 Å². The van der Waals surface area contributed by atoms with Crippen molar-refractivity contribution in [3.63, 3.8) is 0 Å². The summed E-state index contributed by atoms with van der Waals surface area (Å²) in [4.78, 5) is 2.47. The summed E-state index contributed by atoms with van der Waals surface area (Å²) in [5.74, 6) is 0.754. The molecule has 1 N–H and O–H groups in total. The highest BCUT2D eigenvalue weighted by Crippen LogP contribution is 2.20. The van der Waals surface area contributed by atoms with Gasteiger partial charge in [-0.2, -0.15) is 0 Å². The Balaban J connectivity index is 1.90. The molecule has 2 heterocycles. The number of aromatic nitrogens is 2. The first-order chi connectivity index (χ1) is 8.65. The van der Waals surface area contributed by atoms with Gasteiger partial charge in [-0.25, -0.2) is 0 Å². The molecule has 1 atom stereocenters. The highest BCUT2D eigenvalue weighted by Gasteiger charge is 2.20. The van der Waals surface area contributed by atoms with E-state index in [1.165, 1.54) is 30.7 Å². The molecule has 1 fully saturated rings. The van der Waals surface area contributed by atoms with Crippen molar-refractivity contribution in [1.29, 1.82) is 0 Å². The summed E-state index contributed by atoms with van der Waals surface area (Å²) >= 11 is 7.31. The molecule has 18 heavy (non-hydrogen) atoms. The average molecular weight is 289 g/mol. The molecule has 0 radical (unpaired) electrons. The predicted molar refractivity (Wildman–Crippen MR) is 76.1 cm³/mol. The quantitative estimate of drug-likeness (QED) is 0.903. The van der Waals surface area contributed by atoms with Crippen LogP contribution in [0.25, 0.3) is 0 Å². The minimum atomic E-state index is 0.523. The second-order valence-corrected chi connectivity index (χ2v) is 6.83. The Bertz CT molecular complexity index is 363. The van der Waals surface area contributed by atoms with E-state index >= 15 is 0 Å². The highest BCUT2D eigenvalue weighted by atomic mass is 35.5. The zero-order chi connectivity index (χ0) is 13.0. The summed E-state index contributed by atoms with van der Waals surface area (Å²) < 4.78 is 0.535. The summed E-state index contributed by atoms with van der Waals surface area (Å²) in [7, 11) is 0. The zero-order valence-electron chi connectivity index (χ0n) is 11.0. The van der Waals surface area contributed by atoms with Crippen LogP contribution in [0.1, 0.15) is 31.7 Å². The molecule has 2 rings (SSSR count). The maximum absolute atomic E-state index is 5.83. The number of nitrogens with zero attached hydrogens (tertiary/aromatic N) is 3. The number of halogens is 1. The Labute approximate surface area is 118 Å². The van der Waals surface area contributed by atoms with Crippen LogP contribution >= 0.6 is 22.9 Å². The van der Waals surface area contributed by atoms with Crippen LogP contribution in [0.4, 0.5) is 0 Å². The molecule has 0 aliphatic carbocycles. The molecule has 1 aliphatic rings. The fraction of sp³-hybridized carbons (Fsp3) is 0.833. The van der Waals surface area contributed by atoms with E-state index in [-0.39, 0.29) is 0 Å². The molecule has 0 amide bonds. The van der Waals surface area contributed by atoms with Gasteiger partial charge >= 0.3 is 0 Å². The number of piperidine rings is 1. The first-order valence-corrected chi connectivity index (χ1v) is 7.77. The van der Waals surface area contributed by atoms with Crippen molar-refractivity contribution in [2.24, 2.45) is 5.92 Å². The van der Waals surface area contributed by atoms with E-state index < -0.39 is 0 Å². The van der Waals surface area contributed by atoms with Gasteiger partial charge < -0.3 is 5.32 Å². The average Bonchev–Trinajstić information content (AvgIpc) is 2.75. The monoisotopic (exact) mass is 288 g/mol. The second kappa shape index (κ2) is 6.80. The van der Waals surface area contributed by atoms with Crippen LogP contribution in [0.15, 0.2) is 0 Å². The molecule has 0 aromatic carbocycles. The van der Waals surface area contributed by atoms with Crippen LogP contribution in [-0.4, -0.2) is 40.8 Å². The Morgan fingerprint density at radius 1 is 1.50 bits per heavy atom. The third kappa shape index (κ3) is 4.16. The molecule has 1 aromatic rings. The molecule has 6 heteroatoms. The summed E-state index contributed by atoms with van der Waals surface area (Å²) in [6.45, 7) is 8.77. The van der Waals surface area contributed by atoms with Gasteiger partial charge in [-0.05, 0) is 57.3 Å². The highest BCUT2D eigenvalue weighted by molar-refractivity contribution is 7.15. The maximum atomic E-state index is 5.83. The molecule has 4 nitrogen and oxygen atoms in total. The van der Waals surface area contributed by atoms with Gasteiger partial charge in [0.1, 0.15) is 5.01 Å². The first kappa shape index (κ1) is 14.2. The standard InChI is InChI=1S/C12H21ClN4S/c1-9(2)17(7-10-4-3-5-14-6-10)8-11-15-16-12(13)18-11/h9-10,14H,3-8H2,1-2H3. The third-order valence-electron chi connectivity index (χ3n) is 3.40. The van der Waals surface area contributed by atoms with Crippen molar-refractivity contribution >= 4 is 22.9 Å². The summed E-state index contributed by atoms with van der Waals surface area (Å²) in [6, 6.07) is 0.523. The second-order valence-electron chi connectivity index (χ2n) is 5.18. The molecule has 1 aromatic heterocycles. The van der Waals surface area contributed by atoms with Crippen molar-refractivity contribution < 1.29 is 0 Å². The number of hydrogen-bond acceptors (Lipinski definition) is 5. The van der Waals surface area contributed by atoms with E-state index in [0.717, 1.165) is 30.6 Å². The van der Waals surface area contributed by atoms with Crippen LogP contribution < -0.4 is 5.32 Å². The molecule has 0 bridgehead atoms. The topological polar surface area (TPSA) is 41.1 Å². The molecule has 102 valence electrons. The normalized spacial score (nSPS) is 20.8. The lowest BCUT2D eigenvalue weighted by atomic mass is 9.98. The van der Waals surface area contributed by atoms with Crippen molar-refractivity contribution in [2.75, 3.05) is 19.6 Å². The molecule has 1 aliphatic heterocycles. The SMILES string of the molecule is CC(C)N(Cc1nnc(Cl)s1)CC1CCCNC1. The lowest BCUT2D eigenvalue weighted by Gasteiger charge is -2.32. The molecular weight excluding hydrogens is 268 g/mol. The lowest BCUT2D eigenvalue weighted by molar-refractivity contribution is 0.163. The van der Waals surface area contributed by atoms with Gasteiger partial charge in [-0.1, -0.05) is 11.3 Å².